The van der Waals surface area contributed by atoms with Crippen molar-refractivity contribution >= 4 is 21.8 Å². The number of aliphatic hydroxyl groups excluding tert-OH is 1. The number of aliphatic hydroxyl groups is 1. The lowest BCUT2D eigenvalue weighted by molar-refractivity contribution is -0.123. The number of carbonyl (C=O) groups is 1. The number of rotatable bonds is 5. The Labute approximate surface area is 94.4 Å². The minimum Gasteiger partial charge on any atom is -0.396 e. The first kappa shape index (κ1) is 13.9. The average Bonchev–Trinajstić information content (AvgIpc) is 2.01. The quantitative estimate of drug-likeness (QED) is 0.744. The highest BCUT2D eigenvalue weighted by molar-refractivity contribution is 9.10. The van der Waals surface area contributed by atoms with Crippen LogP contribution in [0.1, 0.15) is 34.1 Å². The molecule has 0 fully saturated rings. The Morgan fingerprint density at radius 2 is 2.00 bits per heavy atom. The van der Waals surface area contributed by atoms with Crippen LogP contribution in [0.25, 0.3) is 0 Å². The van der Waals surface area contributed by atoms with Crippen LogP contribution < -0.4 is 5.32 Å². The predicted molar refractivity (Wildman–Crippen MR) is 61.5 cm³/mol. The molecule has 0 aromatic carbocycles. The van der Waals surface area contributed by atoms with Crippen LogP contribution in [-0.2, 0) is 4.79 Å². The van der Waals surface area contributed by atoms with E-state index < -0.39 is 4.32 Å². The lowest BCUT2D eigenvalue weighted by atomic mass is 10.0. The number of alkyl halides is 1. The lowest BCUT2D eigenvalue weighted by Crippen LogP contribution is -2.46. The van der Waals surface area contributed by atoms with E-state index in [-0.39, 0.29) is 18.6 Å². The second kappa shape index (κ2) is 5.71. The number of nitrogens with one attached hydrogen (secondary N) is 1. The van der Waals surface area contributed by atoms with Gasteiger partial charge in [0.1, 0.15) is 0 Å². The van der Waals surface area contributed by atoms with Crippen molar-refractivity contribution < 1.29 is 9.90 Å². The van der Waals surface area contributed by atoms with Crippen LogP contribution in [0.4, 0.5) is 0 Å². The predicted octanol–water partition coefficient (Wildman–Crippen LogP) is 1.68. The molecule has 1 unspecified atom stereocenters. The third kappa shape index (κ3) is 4.96. The first-order valence-corrected chi connectivity index (χ1v) is 5.69. The van der Waals surface area contributed by atoms with Crippen molar-refractivity contribution in [2.45, 2.75) is 44.5 Å². The fourth-order valence-corrected chi connectivity index (χ4v) is 1.17. The van der Waals surface area contributed by atoms with E-state index in [2.05, 4.69) is 21.2 Å². The first-order chi connectivity index (χ1) is 6.29. The van der Waals surface area contributed by atoms with E-state index in [0.717, 1.165) is 0 Å². The monoisotopic (exact) mass is 265 g/mol. The molecule has 4 heteroatoms. The van der Waals surface area contributed by atoms with Gasteiger partial charge in [0.05, 0.1) is 4.32 Å². The normalized spacial score (nSPS) is 14.2. The van der Waals surface area contributed by atoms with Gasteiger partial charge in [0.15, 0.2) is 0 Å². The lowest BCUT2D eigenvalue weighted by Gasteiger charge is -2.25. The maximum absolute atomic E-state index is 11.6. The molecular formula is C10H20BrNO2. The number of amides is 1. The molecule has 0 aliphatic rings. The highest BCUT2D eigenvalue weighted by atomic mass is 79.9. The largest absolute Gasteiger partial charge is 0.396 e. The van der Waals surface area contributed by atoms with Gasteiger partial charge in [0, 0.05) is 12.6 Å². The Morgan fingerprint density at radius 3 is 2.29 bits per heavy atom. The van der Waals surface area contributed by atoms with Crippen molar-refractivity contribution in [3.05, 3.63) is 0 Å². The van der Waals surface area contributed by atoms with E-state index in [9.17, 15) is 4.79 Å². The molecule has 1 atom stereocenters. The van der Waals surface area contributed by atoms with E-state index in [0.29, 0.717) is 12.3 Å². The third-order valence-corrected chi connectivity index (χ3v) is 2.46. The van der Waals surface area contributed by atoms with Crippen molar-refractivity contribution in [2.24, 2.45) is 5.92 Å². The fraction of sp³-hybridized carbons (Fsp3) is 0.900. The SMILES string of the molecule is CC(C)C(CCO)NC(=O)C(C)(C)Br. The molecule has 0 aromatic rings. The van der Waals surface area contributed by atoms with Crippen LogP contribution in [-0.4, -0.2) is 28.0 Å². The minimum absolute atomic E-state index is 0.0374. The van der Waals surface area contributed by atoms with E-state index in [1.807, 2.05) is 13.8 Å². The summed E-state index contributed by atoms with van der Waals surface area (Å²) in [5, 5.41) is 11.7. The summed E-state index contributed by atoms with van der Waals surface area (Å²) >= 11 is 3.30. The molecule has 0 aliphatic heterocycles. The molecule has 0 heterocycles. The Morgan fingerprint density at radius 1 is 1.50 bits per heavy atom. The van der Waals surface area contributed by atoms with Crippen LogP contribution in [0, 0.1) is 5.92 Å². The number of halogens is 1. The van der Waals surface area contributed by atoms with Crippen LogP contribution in [0.2, 0.25) is 0 Å². The van der Waals surface area contributed by atoms with Gasteiger partial charge in [-0.1, -0.05) is 29.8 Å². The van der Waals surface area contributed by atoms with Crippen LogP contribution >= 0.6 is 15.9 Å². The summed E-state index contributed by atoms with van der Waals surface area (Å²) in [4.78, 5) is 11.6. The van der Waals surface area contributed by atoms with Gasteiger partial charge in [0.25, 0.3) is 0 Å². The van der Waals surface area contributed by atoms with Gasteiger partial charge in [-0.25, -0.2) is 0 Å². The fourth-order valence-electron chi connectivity index (χ4n) is 1.05. The summed E-state index contributed by atoms with van der Waals surface area (Å²) in [6, 6.07) is 0.0457. The van der Waals surface area contributed by atoms with Crippen LogP contribution in [0.15, 0.2) is 0 Å². The summed E-state index contributed by atoms with van der Waals surface area (Å²) in [5.74, 6) is 0.297. The van der Waals surface area contributed by atoms with Crippen molar-refractivity contribution in [2.75, 3.05) is 6.61 Å². The summed E-state index contributed by atoms with van der Waals surface area (Å²) in [5.41, 5.74) is 0. The van der Waals surface area contributed by atoms with E-state index in [4.69, 9.17) is 5.11 Å². The van der Waals surface area contributed by atoms with Gasteiger partial charge >= 0.3 is 0 Å². The molecule has 84 valence electrons. The second-order valence-corrected chi connectivity index (χ2v) is 6.29. The molecule has 0 rings (SSSR count). The van der Waals surface area contributed by atoms with E-state index in [1.54, 1.807) is 13.8 Å². The smallest absolute Gasteiger partial charge is 0.236 e. The van der Waals surface area contributed by atoms with Gasteiger partial charge in [-0.15, -0.1) is 0 Å². The number of carbonyl (C=O) groups excluding carboxylic acids is 1. The summed E-state index contributed by atoms with van der Waals surface area (Å²) in [6.45, 7) is 7.77. The Hall–Kier alpha value is -0.0900. The zero-order valence-electron chi connectivity index (χ0n) is 9.30. The van der Waals surface area contributed by atoms with Gasteiger partial charge in [-0.2, -0.15) is 0 Å². The molecule has 0 aromatic heterocycles. The second-order valence-electron chi connectivity index (χ2n) is 4.31. The van der Waals surface area contributed by atoms with Gasteiger partial charge in [-0.3, -0.25) is 4.79 Å². The number of hydrogen-bond acceptors (Lipinski definition) is 2. The summed E-state index contributed by atoms with van der Waals surface area (Å²) < 4.78 is -0.546. The zero-order valence-corrected chi connectivity index (χ0v) is 10.9. The molecule has 0 saturated carbocycles. The zero-order chi connectivity index (χ0) is 11.4. The summed E-state index contributed by atoms with van der Waals surface area (Å²) in [7, 11) is 0. The maximum Gasteiger partial charge on any atom is 0.236 e. The molecule has 1 amide bonds. The van der Waals surface area contributed by atoms with Gasteiger partial charge < -0.3 is 10.4 Å². The molecule has 0 bridgehead atoms. The Balaban J connectivity index is 4.24. The Bertz CT molecular complexity index is 187. The van der Waals surface area contributed by atoms with Crippen molar-refractivity contribution in [1.82, 2.24) is 5.32 Å². The molecule has 3 nitrogen and oxygen atoms in total. The Kier molecular flexibility index (Phi) is 5.67. The van der Waals surface area contributed by atoms with Gasteiger partial charge in [-0.05, 0) is 26.2 Å². The average molecular weight is 266 g/mol. The van der Waals surface area contributed by atoms with Crippen LogP contribution in [0.5, 0.6) is 0 Å². The third-order valence-electron chi connectivity index (χ3n) is 2.10. The molecule has 0 spiro atoms. The van der Waals surface area contributed by atoms with Crippen molar-refractivity contribution in [3.63, 3.8) is 0 Å². The minimum atomic E-state index is -0.546. The highest BCUT2D eigenvalue weighted by Crippen LogP contribution is 2.17. The van der Waals surface area contributed by atoms with E-state index >= 15 is 0 Å². The van der Waals surface area contributed by atoms with Gasteiger partial charge in [0.2, 0.25) is 5.91 Å². The molecule has 0 aliphatic carbocycles. The van der Waals surface area contributed by atoms with Crippen molar-refractivity contribution in [3.8, 4) is 0 Å². The molecule has 2 N–H and O–H groups in total. The molecule has 0 radical (unpaired) electrons. The maximum atomic E-state index is 11.6. The topological polar surface area (TPSA) is 49.3 Å². The summed E-state index contributed by atoms with van der Waals surface area (Å²) in [6.07, 6.45) is 0.604. The van der Waals surface area contributed by atoms with Crippen molar-refractivity contribution in [1.29, 1.82) is 0 Å². The standard InChI is InChI=1S/C10H20BrNO2/c1-7(2)8(5-6-13)12-9(14)10(3,4)11/h7-8,13H,5-6H2,1-4H3,(H,12,14). The van der Waals surface area contributed by atoms with Crippen LogP contribution in [0.3, 0.4) is 0 Å². The molecule has 0 saturated heterocycles. The first-order valence-electron chi connectivity index (χ1n) is 4.89. The highest BCUT2D eigenvalue weighted by Gasteiger charge is 2.26. The van der Waals surface area contributed by atoms with E-state index in [1.165, 1.54) is 0 Å². The molecule has 14 heavy (non-hydrogen) atoms. The number of hydrogen-bond donors (Lipinski definition) is 2. The molecular weight excluding hydrogens is 246 g/mol.